The van der Waals surface area contributed by atoms with Crippen LogP contribution in [0.1, 0.15) is 39.2 Å². The Labute approximate surface area is 181 Å². The third-order valence-corrected chi connectivity index (χ3v) is 8.43. The zero-order chi connectivity index (χ0) is 22.1. The van der Waals surface area contributed by atoms with E-state index in [1.54, 1.807) is 24.3 Å². The SMILES string of the molecule is COC(=O)c1c(NC(=O)C2CCCN(S(=O)(=O)c3ccc(C)cc3)C2)sc(C)c1C. The van der Waals surface area contributed by atoms with E-state index < -0.39 is 21.9 Å². The monoisotopic (exact) mass is 450 g/mol. The zero-order valence-electron chi connectivity index (χ0n) is 17.5. The minimum absolute atomic E-state index is 0.110. The smallest absolute Gasteiger partial charge is 0.341 e. The Morgan fingerprint density at radius 2 is 1.83 bits per heavy atom. The molecule has 1 fully saturated rings. The van der Waals surface area contributed by atoms with Gasteiger partial charge in [-0.05, 0) is 51.3 Å². The van der Waals surface area contributed by atoms with Crippen molar-refractivity contribution in [1.82, 2.24) is 4.31 Å². The van der Waals surface area contributed by atoms with E-state index in [4.69, 9.17) is 4.74 Å². The van der Waals surface area contributed by atoms with Crippen molar-refractivity contribution in [1.29, 1.82) is 0 Å². The highest BCUT2D eigenvalue weighted by Gasteiger charge is 2.34. The maximum absolute atomic E-state index is 13.0. The molecular formula is C21H26N2O5S2. The van der Waals surface area contributed by atoms with Crippen LogP contribution < -0.4 is 5.32 Å². The molecule has 1 unspecified atom stereocenters. The van der Waals surface area contributed by atoms with E-state index in [-0.39, 0.29) is 17.3 Å². The second-order valence-electron chi connectivity index (χ2n) is 7.48. The molecule has 1 atom stereocenters. The van der Waals surface area contributed by atoms with Crippen molar-refractivity contribution in [3.8, 4) is 0 Å². The van der Waals surface area contributed by atoms with Crippen molar-refractivity contribution in [3.63, 3.8) is 0 Å². The van der Waals surface area contributed by atoms with E-state index in [0.29, 0.717) is 30.0 Å². The van der Waals surface area contributed by atoms with Crippen LogP contribution in [0.4, 0.5) is 5.00 Å². The molecular weight excluding hydrogens is 424 g/mol. The van der Waals surface area contributed by atoms with Crippen LogP contribution in [0.5, 0.6) is 0 Å². The second kappa shape index (κ2) is 8.87. The fourth-order valence-corrected chi connectivity index (χ4v) is 6.09. The summed E-state index contributed by atoms with van der Waals surface area (Å²) in [6.07, 6.45) is 1.18. The number of nitrogens with one attached hydrogen (secondary N) is 1. The number of esters is 1. The van der Waals surface area contributed by atoms with Crippen LogP contribution >= 0.6 is 11.3 Å². The van der Waals surface area contributed by atoms with Crippen LogP contribution in [-0.2, 0) is 19.6 Å². The fourth-order valence-electron chi connectivity index (χ4n) is 3.51. The van der Waals surface area contributed by atoms with Gasteiger partial charge in [-0.3, -0.25) is 4.79 Å². The van der Waals surface area contributed by atoms with Crippen molar-refractivity contribution < 1.29 is 22.7 Å². The number of methoxy groups -OCH3 is 1. The third kappa shape index (κ3) is 4.43. The number of hydrogen-bond donors (Lipinski definition) is 1. The average Bonchev–Trinajstić information content (AvgIpc) is 3.01. The summed E-state index contributed by atoms with van der Waals surface area (Å²) in [6.45, 7) is 6.07. The lowest BCUT2D eigenvalue weighted by Crippen LogP contribution is -2.43. The van der Waals surface area contributed by atoms with E-state index >= 15 is 0 Å². The summed E-state index contributed by atoms with van der Waals surface area (Å²) in [5.41, 5.74) is 2.11. The van der Waals surface area contributed by atoms with Gasteiger partial charge in [0, 0.05) is 18.0 Å². The van der Waals surface area contributed by atoms with Gasteiger partial charge in [-0.15, -0.1) is 11.3 Å². The first-order chi connectivity index (χ1) is 14.1. The molecule has 2 aromatic rings. The first-order valence-electron chi connectivity index (χ1n) is 9.71. The highest BCUT2D eigenvalue weighted by atomic mass is 32.2. The van der Waals surface area contributed by atoms with Gasteiger partial charge in [-0.25, -0.2) is 13.2 Å². The topological polar surface area (TPSA) is 92.8 Å². The minimum atomic E-state index is -3.66. The molecule has 2 heterocycles. The molecule has 9 heteroatoms. The number of hydrogen-bond acceptors (Lipinski definition) is 6. The number of benzene rings is 1. The number of carbonyl (C=O) groups is 2. The molecule has 1 amide bonds. The van der Waals surface area contributed by atoms with Gasteiger partial charge >= 0.3 is 5.97 Å². The number of rotatable bonds is 5. The van der Waals surface area contributed by atoms with Gasteiger partial charge in [0.1, 0.15) is 5.00 Å². The quantitative estimate of drug-likeness (QED) is 0.704. The predicted octanol–water partition coefficient (Wildman–Crippen LogP) is 3.50. The summed E-state index contributed by atoms with van der Waals surface area (Å²) in [5.74, 6) is -1.28. The van der Waals surface area contributed by atoms with Crippen LogP contribution in [0.25, 0.3) is 0 Å². The highest BCUT2D eigenvalue weighted by molar-refractivity contribution is 7.89. The van der Waals surface area contributed by atoms with Gasteiger partial charge in [-0.1, -0.05) is 17.7 Å². The lowest BCUT2D eigenvalue weighted by Gasteiger charge is -2.31. The molecule has 162 valence electrons. The number of nitrogens with zero attached hydrogens (tertiary/aromatic N) is 1. The molecule has 3 rings (SSSR count). The van der Waals surface area contributed by atoms with Crippen molar-refractivity contribution in [2.45, 2.75) is 38.5 Å². The maximum atomic E-state index is 13.0. The van der Waals surface area contributed by atoms with Crippen molar-refractivity contribution in [2.24, 2.45) is 5.92 Å². The molecule has 30 heavy (non-hydrogen) atoms. The Balaban J connectivity index is 1.78. The van der Waals surface area contributed by atoms with Gasteiger partial charge in [0.15, 0.2) is 0 Å². The second-order valence-corrected chi connectivity index (χ2v) is 10.6. The lowest BCUT2D eigenvalue weighted by molar-refractivity contribution is -0.120. The number of carbonyl (C=O) groups excluding carboxylic acids is 2. The van der Waals surface area contributed by atoms with Gasteiger partial charge in [-0.2, -0.15) is 4.31 Å². The Morgan fingerprint density at radius 1 is 1.17 bits per heavy atom. The van der Waals surface area contributed by atoms with Gasteiger partial charge in [0.25, 0.3) is 0 Å². The molecule has 1 aromatic heterocycles. The van der Waals surface area contributed by atoms with Crippen LogP contribution in [-0.4, -0.2) is 44.8 Å². The number of sulfonamides is 1. The summed E-state index contributed by atoms with van der Waals surface area (Å²) < 4.78 is 32.2. The standard InChI is InChI=1S/C21H26N2O5S2/c1-13-7-9-17(10-8-13)30(26,27)23-11-5-6-16(12-23)19(24)22-20-18(21(25)28-4)14(2)15(3)29-20/h7-10,16H,5-6,11-12H2,1-4H3,(H,22,24). The molecule has 0 bridgehead atoms. The van der Waals surface area contributed by atoms with Crippen LogP contribution in [0.2, 0.25) is 0 Å². The van der Waals surface area contributed by atoms with Gasteiger partial charge in [0.05, 0.1) is 23.5 Å². The van der Waals surface area contributed by atoms with Gasteiger partial charge < -0.3 is 10.1 Å². The van der Waals surface area contributed by atoms with Crippen molar-refractivity contribution >= 4 is 38.2 Å². The number of anilines is 1. The minimum Gasteiger partial charge on any atom is -0.465 e. The van der Waals surface area contributed by atoms with Gasteiger partial charge in [0.2, 0.25) is 15.9 Å². The lowest BCUT2D eigenvalue weighted by atomic mass is 9.99. The largest absolute Gasteiger partial charge is 0.465 e. The molecule has 1 N–H and O–H groups in total. The summed E-state index contributed by atoms with van der Waals surface area (Å²) in [6, 6.07) is 6.70. The van der Waals surface area contributed by atoms with Crippen molar-refractivity contribution in [3.05, 3.63) is 45.8 Å². The van der Waals surface area contributed by atoms with E-state index in [1.165, 1.54) is 22.8 Å². The third-order valence-electron chi connectivity index (χ3n) is 5.43. The number of ether oxygens (including phenoxy) is 1. The Hall–Kier alpha value is -2.23. The summed E-state index contributed by atoms with van der Waals surface area (Å²) in [5, 5.41) is 3.28. The molecule has 0 spiro atoms. The normalized spacial score (nSPS) is 17.5. The van der Waals surface area contributed by atoms with E-state index in [2.05, 4.69) is 5.32 Å². The van der Waals surface area contributed by atoms with E-state index in [9.17, 15) is 18.0 Å². The molecule has 1 saturated heterocycles. The number of aryl methyl sites for hydroxylation is 2. The number of amides is 1. The summed E-state index contributed by atoms with van der Waals surface area (Å²) >= 11 is 1.32. The van der Waals surface area contributed by atoms with Crippen LogP contribution in [0, 0.1) is 26.7 Å². The highest BCUT2D eigenvalue weighted by Crippen LogP contribution is 2.34. The Bertz CT molecular complexity index is 1060. The maximum Gasteiger partial charge on any atom is 0.341 e. The van der Waals surface area contributed by atoms with Crippen molar-refractivity contribution in [2.75, 3.05) is 25.5 Å². The molecule has 0 radical (unpaired) electrons. The molecule has 0 saturated carbocycles. The molecule has 1 aliphatic heterocycles. The fraction of sp³-hybridized carbons (Fsp3) is 0.429. The molecule has 0 aliphatic carbocycles. The van der Waals surface area contributed by atoms with Crippen LogP contribution in [0.3, 0.4) is 0 Å². The Morgan fingerprint density at radius 3 is 2.47 bits per heavy atom. The molecule has 7 nitrogen and oxygen atoms in total. The zero-order valence-corrected chi connectivity index (χ0v) is 19.2. The first-order valence-corrected chi connectivity index (χ1v) is 12.0. The van der Waals surface area contributed by atoms with E-state index in [1.807, 2.05) is 20.8 Å². The number of thiophene rings is 1. The summed E-state index contributed by atoms with van der Waals surface area (Å²) in [4.78, 5) is 26.2. The van der Waals surface area contributed by atoms with E-state index in [0.717, 1.165) is 16.0 Å². The number of piperidine rings is 1. The average molecular weight is 451 g/mol. The summed E-state index contributed by atoms with van der Waals surface area (Å²) in [7, 11) is -2.36. The predicted molar refractivity (Wildman–Crippen MR) is 116 cm³/mol. The Kier molecular flexibility index (Phi) is 6.64. The van der Waals surface area contributed by atoms with Crippen LogP contribution in [0.15, 0.2) is 29.2 Å². The molecule has 1 aromatic carbocycles. The molecule has 1 aliphatic rings. The first kappa shape index (κ1) is 22.5.